The minimum atomic E-state index is -0.0425. The van der Waals surface area contributed by atoms with Crippen LogP contribution in [-0.2, 0) is 0 Å². The van der Waals surface area contributed by atoms with Crippen molar-refractivity contribution in [2.24, 2.45) is 5.11 Å². The van der Waals surface area contributed by atoms with Crippen LogP contribution in [0.5, 0.6) is 0 Å². The van der Waals surface area contributed by atoms with Gasteiger partial charge in [-0.3, -0.25) is 0 Å². The van der Waals surface area contributed by atoms with Crippen molar-refractivity contribution < 1.29 is 0 Å². The Kier molecular flexibility index (Phi) is 5.89. The minimum absolute atomic E-state index is 0.0425. The molecule has 0 radical (unpaired) electrons. The SMILES string of the molecule is CC1(N=N)CCCCCCCCCCC1. The molecule has 1 aliphatic carbocycles. The fourth-order valence-corrected chi connectivity index (χ4v) is 2.49. The first-order valence-electron chi connectivity index (χ1n) is 6.65. The summed E-state index contributed by atoms with van der Waals surface area (Å²) in [6.45, 7) is 2.16. The number of rotatable bonds is 1. The summed E-state index contributed by atoms with van der Waals surface area (Å²) in [5.41, 5.74) is 7.27. The van der Waals surface area contributed by atoms with Crippen molar-refractivity contribution in [3.8, 4) is 0 Å². The van der Waals surface area contributed by atoms with Crippen LogP contribution in [0.4, 0.5) is 0 Å². The Hall–Kier alpha value is -0.400. The van der Waals surface area contributed by atoms with Crippen molar-refractivity contribution in [1.29, 1.82) is 5.53 Å². The van der Waals surface area contributed by atoms with Crippen molar-refractivity contribution >= 4 is 0 Å². The zero-order valence-corrected chi connectivity index (χ0v) is 10.2. The van der Waals surface area contributed by atoms with Crippen LogP contribution in [0.2, 0.25) is 0 Å². The second kappa shape index (κ2) is 6.97. The third-order valence-corrected chi connectivity index (χ3v) is 3.70. The van der Waals surface area contributed by atoms with E-state index in [-0.39, 0.29) is 5.54 Å². The molecule has 1 saturated carbocycles. The fraction of sp³-hybridized carbons (Fsp3) is 1.00. The van der Waals surface area contributed by atoms with E-state index in [1.165, 1.54) is 57.8 Å². The highest BCUT2D eigenvalue weighted by Crippen LogP contribution is 2.27. The lowest BCUT2D eigenvalue weighted by atomic mass is 9.88. The van der Waals surface area contributed by atoms with Gasteiger partial charge in [-0.1, -0.05) is 57.8 Å². The summed E-state index contributed by atoms with van der Waals surface area (Å²) >= 11 is 0. The van der Waals surface area contributed by atoms with Gasteiger partial charge < -0.3 is 0 Å². The third kappa shape index (κ3) is 5.29. The van der Waals surface area contributed by atoms with E-state index in [1.807, 2.05) is 0 Å². The molecule has 0 aliphatic heterocycles. The monoisotopic (exact) mass is 210 g/mol. The highest BCUT2D eigenvalue weighted by Gasteiger charge is 2.22. The van der Waals surface area contributed by atoms with Crippen LogP contribution in [-0.4, -0.2) is 5.54 Å². The normalized spacial score (nSPS) is 24.9. The maximum atomic E-state index is 7.31. The molecule has 1 fully saturated rings. The molecule has 0 aromatic heterocycles. The van der Waals surface area contributed by atoms with Gasteiger partial charge in [-0.05, 0) is 19.8 Å². The van der Waals surface area contributed by atoms with Crippen LogP contribution in [0.3, 0.4) is 0 Å². The molecule has 1 N–H and O–H groups in total. The van der Waals surface area contributed by atoms with Gasteiger partial charge in [0.1, 0.15) is 0 Å². The highest BCUT2D eigenvalue weighted by molar-refractivity contribution is 4.80. The van der Waals surface area contributed by atoms with Crippen molar-refractivity contribution in [3.05, 3.63) is 0 Å². The van der Waals surface area contributed by atoms with E-state index in [4.69, 9.17) is 5.53 Å². The Balaban J connectivity index is 2.35. The average molecular weight is 210 g/mol. The van der Waals surface area contributed by atoms with E-state index in [9.17, 15) is 0 Å². The van der Waals surface area contributed by atoms with Crippen LogP contribution in [0.1, 0.15) is 77.6 Å². The number of hydrogen-bond acceptors (Lipinski definition) is 2. The lowest BCUT2D eigenvalue weighted by Gasteiger charge is -2.23. The molecule has 2 nitrogen and oxygen atoms in total. The predicted octanol–water partition coefficient (Wildman–Crippen LogP) is 5.08. The highest BCUT2D eigenvalue weighted by atomic mass is 15.0. The van der Waals surface area contributed by atoms with Crippen LogP contribution in [0, 0.1) is 5.53 Å². The Labute approximate surface area is 94.3 Å². The molecular formula is C13H26N2. The minimum Gasteiger partial charge on any atom is -0.209 e. The van der Waals surface area contributed by atoms with Gasteiger partial charge in [0.05, 0.1) is 5.54 Å². The molecule has 0 saturated heterocycles. The summed E-state index contributed by atoms with van der Waals surface area (Å²) in [4.78, 5) is 0. The van der Waals surface area contributed by atoms with Crippen molar-refractivity contribution in [2.45, 2.75) is 83.1 Å². The van der Waals surface area contributed by atoms with E-state index in [2.05, 4.69) is 12.0 Å². The molecule has 0 unspecified atom stereocenters. The summed E-state index contributed by atoms with van der Waals surface area (Å²) in [7, 11) is 0. The lowest BCUT2D eigenvalue weighted by Crippen LogP contribution is -2.21. The Morgan fingerprint density at radius 1 is 0.733 bits per heavy atom. The standard InChI is InChI=1S/C13H26N2/c1-13(15-14)11-9-7-5-3-2-4-6-8-10-12-13/h14H,2-12H2,1H3. The van der Waals surface area contributed by atoms with Crippen LogP contribution in [0.15, 0.2) is 5.11 Å². The smallest absolute Gasteiger partial charge is 0.0785 e. The molecule has 0 aromatic carbocycles. The van der Waals surface area contributed by atoms with E-state index < -0.39 is 0 Å². The predicted molar refractivity (Wildman–Crippen MR) is 64.3 cm³/mol. The molecular weight excluding hydrogens is 184 g/mol. The Morgan fingerprint density at radius 3 is 1.40 bits per heavy atom. The molecule has 1 aliphatic rings. The molecule has 0 atom stereocenters. The molecule has 0 amide bonds. The van der Waals surface area contributed by atoms with Gasteiger partial charge in [0.2, 0.25) is 0 Å². The van der Waals surface area contributed by atoms with Gasteiger partial charge in [0, 0.05) is 0 Å². The topological polar surface area (TPSA) is 36.2 Å². The zero-order valence-electron chi connectivity index (χ0n) is 10.2. The fourth-order valence-electron chi connectivity index (χ4n) is 2.49. The van der Waals surface area contributed by atoms with Crippen molar-refractivity contribution in [3.63, 3.8) is 0 Å². The van der Waals surface area contributed by atoms with Gasteiger partial charge in [0.25, 0.3) is 0 Å². The number of nitrogens with one attached hydrogen (secondary N) is 1. The quantitative estimate of drug-likeness (QED) is 0.586. The van der Waals surface area contributed by atoms with Crippen LogP contribution < -0.4 is 0 Å². The zero-order chi connectivity index (χ0) is 11.0. The van der Waals surface area contributed by atoms with Crippen molar-refractivity contribution in [2.75, 3.05) is 0 Å². The maximum absolute atomic E-state index is 7.31. The molecule has 1 rings (SSSR count). The van der Waals surface area contributed by atoms with Crippen LogP contribution in [0.25, 0.3) is 0 Å². The summed E-state index contributed by atoms with van der Waals surface area (Å²) in [5.74, 6) is 0. The first kappa shape index (κ1) is 12.7. The van der Waals surface area contributed by atoms with Crippen molar-refractivity contribution in [1.82, 2.24) is 0 Å². The summed E-state index contributed by atoms with van der Waals surface area (Å²) < 4.78 is 0. The van der Waals surface area contributed by atoms with Gasteiger partial charge in [-0.2, -0.15) is 5.11 Å². The maximum Gasteiger partial charge on any atom is 0.0785 e. The molecule has 88 valence electrons. The van der Waals surface area contributed by atoms with Crippen LogP contribution >= 0.6 is 0 Å². The Bertz CT molecular complexity index is 165. The Morgan fingerprint density at radius 2 is 1.07 bits per heavy atom. The lowest BCUT2D eigenvalue weighted by molar-refractivity contribution is 0.341. The molecule has 0 spiro atoms. The molecule has 0 heterocycles. The van der Waals surface area contributed by atoms with Gasteiger partial charge in [0.15, 0.2) is 0 Å². The van der Waals surface area contributed by atoms with Gasteiger partial charge in [-0.15, -0.1) is 0 Å². The van der Waals surface area contributed by atoms with Gasteiger partial charge >= 0.3 is 0 Å². The average Bonchev–Trinajstić information content (AvgIpc) is 2.23. The van der Waals surface area contributed by atoms with E-state index >= 15 is 0 Å². The summed E-state index contributed by atoms with van der Waals surface area (Å²) in [6, 6.07) is 0. The second-order valence-corrected chi connectivity index (χ2v) is 5.29. The number of hydrogen-bond donors (Lipinski definition) is 1. The third-order valence-electron chi connectivity index (χ3n) is 3.70. The van der Waals surface area contributed by atoms with E-state index in [1.54, 1.807) is 0 Å². The van der Waals surface area contributed by atoms with E-state index in [0.29, 0.717) is 0 Å². The molecule has 0 aromatic rings. The largest absolute Gasteiger partial charge is 0.209 e. The summed E-state index contributed by atoms with van der Waals surface area (Å²) in [6.07, 6.45) is 14.5. The summed E-state index contributed by atoms with van der Waals surface area (Å²) in [5, 5.41) is 3.86. The number of nitrogens with zero attached hydrogens (tertiary/aromatic N) is 1. The molecule has 15 heavy (non-hydrogen) atoms. The first-order valence-corrected chi connectivity index (χ1v) is 6.65. The second-order valence-electron chi connectivity index (χ2n) is 5.29. The molecule has 0 bridgehead atoms. The van der Waals surface area contributed by atoms with Gasteiger partial charge in [-0.25, -0.2) is 5.53 Å². The first-order chi connectivity index (χ1) is 7.27. The van der Waals surface area contributed by atoms with E-state index in [0.717, 1.165) is 12.8 Å². The molecule has 2 heteroatoms.